The normalized spacial score (nSPS) is 8.50. The van der Waals surface area contributed by atoms with Gasteiger partial charge in [-0.1, -0.05) is 19.8 Å². The molecule has 0 atom stereocenters. The molecule has 0 rings (SSSR count). The van der Waals surface area contributed by atoms with Gasteiger partial charge in [0.2, 0.25) is 6.08 Å². The smallest absolute Gasteiger partial charge is 0.256 e. The maximum Gasteiger partial charge on any atom is 0.256 e. The van der Waals surface area contributed by atoms with Gasteiger partial charge in [0.15, 0.2) is 0 Å². The van der Waals surface area contributed by atoms with Crippen molar-refractivity contribution in [3.63, 3.8) is 0 Å². The Kier molecular flexibility index (Phi) is 5.59. The lowest BCUT2D eigenvalue weighted by atomic mass is 10.2. The molecule has 0 fully saturated rings. The molecule has 0 N–H and O–H groups in total. The van der Waals surface area contributed by atoms with E-state index in [9.17, 15) is 9.59 Å². The number of rotatable bonds is 4. The fraction of sp³-hybridized carbons (Fsp3) is 0.714. The molecule has 1 amide bonds. The van der Waals surface area contributed by atoms with E-state index < -0.39 is 0 Å². The van der Waals surface area contributed by atoms with Crippen molar-refractivity contribution in [1.29, 1.82) is 0 Å². The van der Waals surface area contributed by atoms with Crippen molar-refractivity contribution in [3.05, 3.63) is 0 Å². The molecule has 0 radical (unpaired) electrons. The Morgan fingerprint density at radius 1 is 1.50 bits per heavy atom. The largest absolute Gasteiger partial charge is 0.272 e. The van der Waals surface area contributed by atoms with Gasteiger partial charge in [-0.25, -0.2) is 4.79 Å². The van der Waals surface area contributed by atoms with Crippen molar-refractivity contribution in [1.82, 2.24) is 0 Å². The highest BCUT2D eigenvalue weighted by Gasteiger charge is 1.95. The number of nitrogens with zero attached hydrogens (tertiary/aromatic N) is 1. The van der Waals surface area contributed by atoms with Crippen molar-refractivity contribution in [2.75, 3.05) is 0 Å². The van der Waals surface area contributed by atoms with Gasteiger partial charge >= 0.3 is 0 Å². The van der Waals surface area contributed by atoms with Crippen LogP contribution in [0.25, 0.3) is 0 Å². The third kappa shape index (κ3) is 5.19. The summed E-state index contributed by atoms with van der Waals surface area (Å²) >= 11 is 0. The predicted octanol–water partition coefficient (Wildman–Crippen LogP) is 1.43. The van der Waals surface area contributed by atoms with Gasteiger partial charge in [0.1, 0.15) is 0 Å². The van der Waals surface area contributed by atoms with E-state index in [0.717, 1.165) is 19.3 Å². The van der Waals surface area contributed by atoms with E-state index in [2.05, 4.69) is 4.99 Å². The van der Waals surface area contributed by atoms with Crippen LogP contribution in [0.15, 0.2) is 4.99 Å². The zero-order valence-electron chi connectivity index (χ0n) is 6.09. The second kappa shape index (κ2) is 6.17. The van der Waals surface area contributed by atoms with E-state index in [1.165, 1.54) is 6.08 Å². The average molecular weight is 141 g/mol. The van der Waals surface area contributed by atoms with E-state index in [1.54, 1.807) is 0 Å². The highest BCUT2D eigenvalue weighted by Crippen LogP contribution is 1.99. The third-order valence-electron chi connectivity index (χ3n) is 1.16. The first kappa shape index (κ1) is 9.05. The average Bonchev–Trinajstić information content (AvgIpc) is 1.89. The lowest BCUT2D eigenvalue weighted by molar-refractivity contribution is -0.117. The Balaban J connectivity index is 3.31. The van der Waals surface area contributed by atoms with Gasteiger partial charge in [-0.15, -0.1) is 4.99 Å². The van der Waals surface area contributed by atoms with Crippen molar-refractivity contribution in [2.24, 2.45) is 4.99 Å². The fourth-order valence-corrected chi connectivity index (χ4v) is 0.633. The number of unbranched alkanes of at least 4 members (excludes halogenated alkanes) is 2. The van der Waals surface area contributed by atoms with Crippen molar-refractivity contribution < 1.29 is 9.59 Å². The summed E-state index contributed by atoms with van der Waals surface area (Å²) in [6.45, 7) is 2.05. The predicted molar refractivity (Wildman–Crippen MR) is 37.3 cm³/mol. The van der Waals surface area contributed by atoms with E-state index in [4.69, 9.17) is 0 Å². The van der Waals surface area contributed by atoms with Crippen LogP contribution in [0.4, 0.5) is 0 Å². The van der Waals surface area contributed by atoms with E-state index >= 15 is 0 Å². The highest BCUT2D eigenvalue weighted by molar-refractivity contribution is 5.81. The summed E-state index contributed by atoms with van der Waals surface area (Å²) in [7, 11) is 0. The van der Waals surface area contributed by atoms with Gasteiger partial charge in [-0.05, 0) is 6.42 Å². The first-order chi connectivity index (χ1) is 4.81. The van der Waals surface area contributed by atoms with Crippen molar-refractivity contribution in [3.8, 4) is 0 Å². The summed E-state index contributed by atoms with van der Waals surface area (Å²) in [5.41, 5.74) is 0. The van der Waals surface area contributed by atoms with Crippen LogP contribution in [0, 0.1) is 0 Å². The number of carbonyl (C=O) groups excluding carboxylic acids is 2. The van der Waals surface area contributed by atoms with E-state index in [-0.39, 0.29) is 5.91 Å². The topological polar surface area (TPSA) is 46.5 Å². The molecule has 0 aliphatic rings. The van der Waals surface area contributed by atoms with Crippen LogP contribution >= 0.6 is 0 Å². The Hall–Kier alpha value is -0.950. The SMILES string of the molecule is CCCCCC(=O)N=C=O. The molecule has 3 heteroatoms. The molecular formula is C7H11NO2. The molecule has 10 heavy (non-hydrogen) atoms. The van der Waals surface area contributed by atoms with Crippen LogP contribution in [0.2, 0.25) is 0 Å². The maximum absolute atomic E-state index is 10.5. The molecule has 0 bridgehead atoms. The van der Waals surface area contributed by atoms with Gasteiger partial charge in [0.05, 0.1) is 0 Å². The number of hydrogen-bond acceptors (Lipinski definition) is 2. The minimum atomic E-state index is -0.358. The molecule has 0 aromatic heterocycles. The van der Waals surface area contributed by atoms with Crippen LogP contribution in [0.5, 0.6) is 0 Å². The molecule has 0 aromatic carbocycles. The first-order valence-electron chi connectivity index (χ1n) is 3.42. The number of carbonyl (C=O) groups is 1. The van der Waals surface area contributed by atoms with Gasteiger partial charge < -0.3 is 0 Å². The zero-order chi connectivity index (χ0) is 7.82. The molecule has 3 nitrogen and oxygen atoms in total. The molecule has 0 aliphatic heterocycles. The number of aliphatic imine (C=N–C) groups is 1. The summed E-state index contributed by atoms with van der Waals surface area (Å²) in [5.74, 6) is -0.358. The standard InChI is InChI=1S/C7H11NO2/c1-2-3-4-5-7(10)8-6-9/h2-5H2,1H3. The lowest BCUT2D eigenvalue weighted by Gasteiger charge is -1.90. The van der Waals surface area contributed by atoms with E-state index in [0.29, 0.717) is 6.42 Å². The summed E-state index contributed by atoms with van der Waals surface area (Å²) < 4.78 is 0. The third-order valence-corrected chi connectivity index (χ3v) is 1.16. The van der Waals surface area contributed by atoms with Crippen LogP contribution in [-0.4, -0.2) is 12.0 Å². The summed E-state index contributed by atoms with van der Waals surface area (Å²) in [6.07, 6.45) is 4.50. The zero-order valence-corrected chi connectivity index (χ0v) is 6.09. The van der Waals surface area contributed by atoms with Gasteiger partial charge in [0.25, 0.3) is 5.91 Å². The first-order valence-corrected chi connectivity index (χ1v) is 3.42. The Morgan fingerprint density at radius 2 is 2.20 bits per heavy atom. The summed E-state index contributed by atoms with van der Waals surface area (Å²) in [5, 5.41) is 0. The molecular weight excluding hydrogens is 130 g/mol. The fourth-order valence-electron chi connectivity index (χ4n) is 0.633. The number of isocyanates is 1. The van der Waals surface area contributed by atoms with Crippen LogP contribution in [0.3, 0.4) is 0 Å². The van der Waals surface area contributed by atoms with Crippen LogP contribution in [0.1, 0.15) is 32.6 Å². The minimum Gasteiger partial charge on any atom is -0.272 e. The molecule has 0 saturated heterocycles. The summed E-state index contributed by atoms with van der Waals surface area (Å²) in [4.78, 5) is 23.0. The Morgan fingerprint density at radius 3 is 2.70 bits per heavy atom. The monoisotopic (exact) mass is 141 g/mol. The molecule has 0 aliphatic carbocycles. The van der Waals surface area contributed by atoms with Crippen molar-refractivity contribution >= 4 is 12.0 Å². The Labute approximate surface area is 60.1 Å². The minimum absolute atomic E-state index is 0.358. The number of hydrogen-bond donors (Lipinski definition) is 0. The van der Waals surface area contributed by atoms with Crippen LogP contribution < -0.4 is 0 Å². The van der Waals surface area contributed by atoms with Crippen molar-refractivity contribution in [2.45, 2.75) is 32.6 Å². The van der Waals surface area contributed by atoms with E-state index in [1.807, 2.05) is 6.92 Å². The molecule has 0 aromatic rings. The second-order valence-corrected chi connectivity index (χ2v) is 2.05. The lowest BCUT2D eigenvalue weighted by Crippen LogP contribution is -1.91. The Bertz CT molecular complexity index is 148. The van der Waals surface area contributed by atoms with Gasteiger partial charge in [-0.2, -0.15) is 0 Å². The molecule has 0 unspecified atom stereocenters. The van der Waals surface area contributed by atoms with Crippen LogP contribution in [-0.2, 0) is 9.59 Å². The highest BCUT2D eigenvalue weighted by atomic mass is 16.2. The second-order valence-electron chi connectivity index (χ2n) is 2.05. The maximum atomic E-state index is 10.5. The van der Waals surface area contributed by atoms with Gasteiger partial charge in [0, 0.05) is 6.42 Å². The molecule has 0 saturated carbocycles. The molecule has 0 heterocycles. The summed E-state index contributed by atoms with van der Waals surface area (Å²) in [6, 6.07) is 0. The molecule has 56 valence electrons. The quantitative estimate of drug-likeness (QED) is 0.338. The van der Waals surface area contributed by atoms with Gasteiger partial charge in [-0.3, -0.25) is 4.79 Å². The number of amides is 1. The molecule has 0 spiro atoms.